The number of hydrogen-bond donors (Lipinski definition) is 0. The first kappa shape index (κ1) is 12.3. The zero-order valence-electron chi connectivity index (χ0n) is 9.21. The van der Waals surface area contributed by atoms with Crippen molar-refractivity contribution in [2.45, 2.75) is 46.6 Å². The molecule has 0 saturated heterocycles. The number of hydrogen-bond acceptors (Lipinski definition) is 0. The minimum absolute atomic E-state index is 1.15. The van der Waals surface area contributed by atoms with E-state index in [1.54, 1.807) is 6.92 Å². The number of aryl methyl sites for hydroxylation is 2. The van der Waals surface area contributed by atoms with Crippen molar-refractivity contribution in [3.8, 4) is 0 Å². The summed E-state index contributed by atoms with van der Waals surface area (Å²) < 4.78 is 2.35. The van der Waals surface area contributed by atoms with Gasteiger partial charge in [0.25, 0.3) is 0 Å². The molecule has 1 nitrogen and oxygen atoms in total. The summed E-state index contributed by atoms with van der Waals surface area (Å²) in [6, 6.07) is 4.34. The molecule has 0 aromatic carbocycles. The van der Waals surface area contributed by atoms with E-state index in [4.69, 9.17) is 0 Å². The van der Waals surface area contributed by atoms with Crippen LogP contribution in [0.15, 0.2) is 18.3 Å². The molecule has 0 unspecified atom stereocenters. The molecule has 75 valence electrons. The Morgan fingerprint density at radius 2 is 2.00 bits per heavy atom. The number of rotatable bonds is 4. The number of nitrogens with zero attached hydrogens (tertiary/aromatic N) is 1. The van der Waals surface area contributed by atoms with Gasteiger partial charge < -0.3 is 4.57 Å². The summed E-state index contributed by atoms with van der Waals surface area (Å²) in [4.78, 5) is 0. The van der Waals surface area contributed by atoms with E-state index in [2.05, 4.69) is 43.7 Å². The Hall–Kier alpha value is -0.720. The van der Waals surface area contributed by atoms with E-state index >= 15 is 0 Å². The van der Waals surface area contributed by atoms with Crippen molar-refractivity contribution in [2.24, 2.45) is 0 Å². The van der Waals surface area contributed by atoms with E-state index in [0.717, 1.165) is 6.42 Å². The Morgan fingerprint density at radius 1 is 1.31 bits per heavy atom. The van der Waals surface area contributed by atoms with Gasteiger partial charge in [-0.25, -0.2) is 0 Å². The van der Waals surface area contributed by atoms with E-state index in [1.165, 1.54) is 25.1 Å². The molecular weight excluding hydrogens is 158 g/mol. The Labute approximate surface area is 82.8 Å². The van der Waals surface area contributed by atoms with Crippen molar-refractivity contribution < 1.29 is 0 Å². The Bertz CT molecular complexity index is 201. The van der Waals surface area contributed by atoms with Crippen molar-refractivity contribution in [3.63, 3.8) is 0 Å². The minimum atomic E-state index is 1.15. The summed E-state index contributed by atoms with van der Waals surface area (Å²) in [7, 11) is 0. The van der Waals surface area contributed by atoms with Gasteiger partial charge in [0.2, 0.25) is 0 Å². The molecule has 0 aliphatic rings. The third kappa shape index (κ3) is 4.16. The molecule has 1 aromatic rings. The maximum Gasteiger partial charge on any atom is 0.0222 e. The molecule has 0 bridgehead atoms. The van der Waals surface area contributed by atoms with Gasteiger partial charge in [-0.3, -0.25) is 0 Å². The standard InChI is InChI=1S/C10H17N.C2H5/c1-3-5-8-11-9-6-7-10(11)4-2;1-2/h6-7,9H,3-5,8H2,1-2H3;1H2,2H3. The highest BCUT2D eigenvalue weighted by molar-refractivity contribution is 5.06. The minimum Gasteiger partial charge on any atom is -0.351 e. The fourth-order valence-corrected chi connectivity index (χ4v) is 1.32. The van der Waals surface area contributed by atoms with Crippen LogP contribution in [-0.2, 0) is 13.0 Å². The van der Waals surface area contributed by atoms with E-state index < -0.39 is 0 Å². The molecule has 0 N–H and O–H groups in total. The first-order valence-electron chi connectivity index (χ1n) is 5.23. The van der Waals surface area contributed by atoms with Crippen LogP contribution in [0.3, 0.4) is 0 Å². The third-order valence-electron chi connectivity index (χ3n) is 2.04. The molecule has 0 atom stereocenters. The first-order valence-corrected chi connectivity index (χ1v) is 5.23. The molecular formula is C12H22N. The third-order valence-corrected chi connectivity index (χ3v) is 2.04. The topological polar surface area (TPSA) is 4.93 Å². The van der Waals surface area contributed by atoms with Gasteiger partial charge in [-0.2, -0.15) is 0 Å². The maximum atomic E-state index is 3.25. The monoisotopic (exact) mass is 180 g/mol. The van der Waals surface area contributed by atoms with Crippen molar-refractivity contribution >= 4 is 0 Å². The molecule has 13 heavy (non-hydrogen) atoms. The zero-order chi connectivity index (χ0) is 10.1. The molecule has 1 aromatic heterocycles. The van der Waals surface area contributed by atoms with Crippen molar-refractivity contribution in [2.75, 3.05) is 0 Å². The average Bonchev–Trinajstić information content (AvgIpc) is 2.65. The Balaban J connectivity index is 0.000000671. The molecule has 0 aliphatic carbocycles. The summed E-state index contributed by atoms with van der Waals surface area (Å²) in [5.41, 5.74) is 1.46. The molecule has 0 saturated carbocycles. The number of aromatic nitrogens is 1. The summed E-state index contributed by atoms with van der Waals surface area (Å²) >= 11 is 0. The van der Waals surface area contributed by atoms with Crippen molar-refractivity contribution in [3.05, 3.63) is 30.9 Å². The van der Waals surface area contributed by atoms with E-state index in [0.29, 0.717) is 0 Å². The Morgan fingerprint density at radius 3 is 2.54 bits per heavy atom. The van der Waals surface area contributed by atoms with Crippen LogP contribution in [0.5, 0.6) is 0 Å². The fourth-order valence-electron chi connectivity index (χ4n) is 1.32. The Kier molecular flexibility index (Phi) is 7.47. The lowest BCUT2D eigenvalue weighted by Gasteiger charge is -2.05. The second-order valence-corrected chi connectivity index (χ2v) is 2.90. The van der Waals surface area contributed by atoms with Gasteiger partial charge in [0.1, 0.15) is 0 Å². The normalized spacial score (nSPS) is 9.23. The predicted molar refractivity (Wildman–Crippen MR) is 59.7 cm³/mol. The summed E-state index contributed by atoms with van der Waals surface area (Å²) in [6.07, 6.45) is 5.90. The lowest BCUT2D eigenvalue weighted by atomic mass is 10.3. The van der Waals surface area contributed by atoms with Crippen LogP contribution in [0.1, 0.15) is 39.3 Å². The van der Waals surface area contributed by atoms with Crippen LogP contribution < -0.4 is 0 Å². The van der Waals surface area contributed by atoms with Crippen LogP contribution in [0.25, 0.3) is 0 Å². The largest absolute Gasteiger partial charge is 0.351 e. The zero-order valence-corrected chi connectivity index (χ0v) is 9.21. The molecule has 0 aliphatic heterocycles. The van der Waals surface area contributed by atoms with E-state index in [-0.39, 0.29) is 0 Å². The maximum absolute atomic E-state index is 3.25. The summed E-state index contributed by atoms with van der Waals surface area (Å²) in [5.74, 6) is 0. The molecule has 0 fully saturated rings. The van der Waals surface area contributed by atoms with Gasteiger partial charge in [0.05, 0.1) is 0 Å². The van der Waals surface area contributed by atoms with Crippen molar-refractivity contribution in [1.29, 1.82) is 0 Å². The van der Waals surface area contributed by atoms with Crippen molar-refractivity contribution in [1.82, 2.24) is 4.57 Å². The van der Waals surface area contributed by atoms with Gasteiger partial charge in [0.15, 0.2) is 0 Å². The highest BCUT2D eigenvalue weighted by atomic mass is 15.0. The lowest BCUT2D eigenvalue weighted by molar-refractivity contribution is 0.613. The average molecular weight is 180 g/mol. The summed E-state index contributed by atoms with van der Waals surface area (Å²) in [5, 5.41) is 0. The predicted octanol–water partition coefficient (Wildman–Crippen LogP) is 3.69. The molecule has 1 rings (SSSR count). The van der Waals surface area contributed by atoms with Gasteiger partial charge in [-0.15, -0.1) is 0 Å². The highest BCUT2D eigenvalue weighted by Crippen LogP contribution is 2.04. The van der Waals surface area contributed by atoms with Crippen LogP contribution in [0.2, 0.25) is 0 Å². The smallest absolute Gasteiger partial charge is 0.0222 e. The molecule has 1 heterocycles. The van der Waals surface area contributed by atoms with Gasteiger partial charge in [-0.05, 0) is 25.0 Å². The lowest BCUT2D eigenvalue weighted by Crippen LogP contribution is -1.99. The highest BCUT2D eigenvalue weighted by Gasteiger charge is 1.95. The van der Waals surface area contributed by atoms with Gasteiger partial charge >= 0.3 is 0 Å². The van der Waals surface area contributed by atoms with Crippen LogP contribution >= 0.6 is 0 Å². The van der Waals surface area contributed by atoms with Crippen LogP contribution in [0.4, 0.5) is 0 Å². The van der Waals surface area contributed by atoms with Crippen LogP contribution in [-0.4, -0.2) is 4.57 Å². The summed E-state index contributed by atoms with van der Waals surface area (Å²) in [6.45, 7) is 10.6. The molecule has 0 spiro atoms. The second kappa shape index (κ2) is 7.90. The second-order valence-electron chi connectivity index (χ2n) is 2.90. The van der Waals surface area contributed by atoms with E-state index in [1.807, 2.05) is 0 Å². The molecule has 1 heteroatoms. The first-order chi connectivity index (χ1) is 6.38. The van der Waals surface area contributed by atoms with E-state index in [9.17, 15) is 0 Å². The SMILES string of the molecule is CCCCn1cccc1CC.[CH2]C. The quantitative estimate of drug-likeness (QED) is 0.666. The van der Waals surface area contributed by atoms with Gasteiger partial charge in [-0.1, -0.05) is 34.1 Å². The molecule has 1 radical (unpaired) electrons. The van der Waals surface area contributed by atoms with Gasteiger partial charge in [0, 0.05) is 18.4 Å². The molecule has 0 amide bonds. The number of unbranched alkanes of at least 4 members (excludes halogenated alkanes) is 1. The fraction of sp³-hybridized carbons (Fsp3) is 0.583. The van der Waals surface area contributed by atoms with Crippen LogP contribution in [0, 0.1) is 6.92 Å².